The SMILES string of the molecule is CN(C)CC(=O)Cc1cnc(Nc2cnc(C#N)cn2)cc1NC1CCCCC1. The first-order chi connectivity index (χ1) is 14.0. The second-order valence-electron chi connectivity index (χ2n) is 7.68. The van der Waals surface area contributed by atoms with Crippen LogP contribution < -0.4 is 10.6 Å². The van der Waals surface area contributed by atoms with Crippen LogP contribution in [0.2, 0.25) is 0 Å². The normalized spacial score (nSPS) is 14.4. The van der Waals surface area contributed by atoms with E-state index in [1.54, 1.807) is 6.20 Å². The Labute approximate surface area is 171 Å². The summed E-state index contributed by atoms with van der Waals surface area (Å²) in [5.74, 6) is 1.28. The Hall–Kier alpha value is -3.05. The van der Waals surface area contributed by atoms with Gasteiger partial charge in [-0.3, -0.25) is 4.79 Å². The van der Waals surface area contributed by atoms with Gasteiger partial charge < -0.3 is 15.5 Å². The minimum Gasteiger partial charge on any atom is -0.382 e. The average Bonchev–Trinajstić information content (AvgIpc) is 2.71. The molecule has 29 heavy (non-hydrogen) atoms. The maximum Gasteiger partial charge on any atom is 0.158 e. The van der Waals surface area contributed by atoms with Gasteiger partial charge in [-0.05, 0) is 26.9 Å². The van der Waals surface area contributed by atoms with Crippen molar-refractivity contribution in [2.24, 2.45) is 0 Å². The third-order valence-electron chi connectivity index (χ3n) is 4.85. The molecule has 2 N–H and O–H groups in total. The Kier molecular flexibility index (Phi) is 7.09. The van der Waals surface area contributed by atoms with Crippen molar-refractivity contribution >= 4 is 23.1 Å². The Morgan fingerprint density at radius 3 is 2.55 bits per heavy atom. The molecule has 1 aliphatic carbocycles. The van der Waals surface area contributed by atoms with Crippen LogP contribution in [0.5, 0.6) is 0 Å². The maximum atomic E-state index is 12.3. The quantitative estimate of drug-likeness (QED) is 0.705. The first kappa shape index (κ1) is 20.7. The van der Waals surface area contributed by atoms with Crippen LogP contribution >= 0.6 is 0 Å². The van der Waals surface area contributed by atoms with Gasteiger partial charge in [0.25, 0.3) is 0 Å². The second kappa shape index (κ2) is 9.94. The number of nitrogens with one attached hydrogen (secondary N) is 2. The molecule has 2 aromatic heterocycles. The highest BCUT2D eigenvalue weighted by atomic mass is 16.1. The number of nitriles is 1. The van der Waals surface area contributed by atoms with E-state index in [-0.39, 0.29) is 11.5 Å². The number of likely N-dealkylation sites (N-methyl/N-ethyl adjacent to an activating group) is 1. The number of hydrogen-bond donors (Lipinski definition) is 2. The van der Waals surface area contributed by atoms with E-state index in [0.29, 0.717) is 30.6 Å². The zero-order chi connectivity index (χ0) is 20.6. The summed E-state index contributed by atoms with van der Waals surface area (Å²) in [4.78, 5) is 26.9. The first-order valence-electron chi connectivity index (χ1n) is 9.94. The largest absolute Gasteiger partial charge is 0.382 e. The molecule has 0 spiro atoms. The fraction of sp³-hybridized carbons (Fsp3) is 0.476. The standard InChI is InChI=1S/C21H27N7O/c1-28(2)14-18(29)8-15-11-24-20(27-21-13-23-17(10-22)12-25-21)9-19(15)26-16-6-4-3-5-7-16/h9,11-13,16H,3-8,14H2,1-2H3,(H2,24,25,26,27). The number of carbonyl (C=O) groups excluding carboxylic acids is 1. The van der Waals surface area contributed by atoms with Crippen molar-refractivity contribution in [3.05, 3.63) is 35.9 Å². The highest BCUT2D eigenvalue weighted by molar-refractivity contribution is 5.84. The Morgan fingerprint density at radius 1 is 1.14 bits per heavy atom. The van der Waals surface area contributed by atoms with Crippen LogP contribution in [0.15, 0.2) is 24.7 Å². The van der Waals surface area contributed by atoms with Gasteiger partial charge in [0.05, 0.1) is 18.9 Å². The third-order valence-corrected chi connectivity index (χ3v) is 4.85. The number of hydrogen-bond acceptors (Lipinski definition) is 8. The van der Waals surface area contributed by atoms with Crippen molar-refractivity contribution in [1.82, 2.24) is 19.9 Å². The molecule has 0 aliphatic heterocycles. The molecule has 8 nitrogen and oxygen atoms in total. The lowest BCUT2D eigenvalue weighted by Gasteiger charge is -2.25. The number of ketones is 1. The fourth-order valence-electron chi connectivity index (χ4n) is 3.50. The van der Waals surface area contributed by atoms with Crippen molar-refractivity contribution < 1.29 is 4.79 Å². The summed E-state index contributed by atoms with van der Waals surface area (Å²) >= 11 is 0. The molecule has 2 aromatic rings. The molecule has 8 heteroatoms. The van der Waals surface area contributed by atoms with Crippen LogP contribution in [-0.4, -0.2) is 52.3 Å². The van der Waals surface area contributed by atoms with E-state index in [1.165, 1.54) is 31.7 Å². The van der Waals surface area contributed by atoms with E-state index >= 15 is 0 Å². The van der Waals surface area contributed by atoms with E-state index in [4.69, 9.17) is 5.26 Å². The molecule has 0 aromatic carbocycles. The number of Topliss-reactive ketones (excluding diaryl/α,β-unsaturated/α-hetero) is 1. The van der Waals surface area contributed by atoms with Crippen molar-refractivity contribution in [2.45, 2.75) is 44.6 Å². The van der Waals surface area contributed by atoms with Crippen LogP contribution in [0.1, 0.15) is 43.4 Å². The summed E-state index contributed by atoms with van der Waals surface area (Å²) in [6, 6.07) is 4.29. The molecule has 0 saturated heterocycles. The molecule has 0 bridgehead atoms. The van der Waals surface area contributed by atoms with Crippen molar-refractivity contribution in [3.8, 4) is 6.07 Å². The predicted octanol–water partition coefficient (Wildman–Crippen LogP) is 2.90. The summed E-state index contributed by atoms with van der Waals surface area (Å²) in [6.45, 7) is 0.406. The van der Waals surface area contributed by atoms with E-state index in [0.717, 1.165) is 24.1 Å². The smallest absolute Gasteiger partial charge is 0.158 e. The van der Waals surface area contributed by atoms with Crippen LogP contribution in [0.4, 0.5) is 17.3 Å². The number of rotatable bonds is 8. The van der Waals surface area contributed by atoms with E-state index in [1.807, 2.05) is 31.1 Å². The van der Waals surface area contributed by atoms with Gasteiger partial charge in [-0.15, -0.1) is 0 Å². The average molecular weight is 393 g/mol. The van der Waals surface area contributed by atoms with Gasteiger partial charge in [0.15, 0.2) is 11.5 Å². The van der Waals surface area contributed by atoms with Gasteiger partial charge in [0.1, 0.15) is 17.7 Å². The molecular weight excluding hydrogens is 366 g/mol. The van der Waals surface area contributed by atoms with E-state index < -0.39 is 0 Å². The second-order valence-corrected chi connectivity index (χ2v) is 7.68. The van der Waals surface area contributed by atoms with Gasteiger partial charge >= 0.3 is 0 Å². The zero-order valence-corrected chi connectivity index (χ0v) is 17.0. The molecule has 0 unspecified atom stereocenters. The number of carbonyl (C=O) groups is 1. The number of anilines is 3. The lowest BCUT2D eigenvalue weighted by molar-refractivity contribution is -0.119. The summed E-state index contributed by atoms with van der Waals surface area (Å²) in [6.07, 6.45) is 11.0. The minimum absolute atomic E-state index is 0.155. The lowest BCUT2D eigenvalue weighted by atomic mass is 9.95. The zero-order valence-electron chi connectivity index (χ0n) is 17.0. The maximum absolute atomic E-state index is 12.3. The topological polar surface area (TPSA) is 107 Å². The molecule has 0 radical (unpaired) electrons. The highest BCUT2D eigenvalue weighted by Gasteiger charge is 2.17. The number of aromatic nitrogens is 3. The molecule has 152 valence electrons. The predicted molar refractivity (Wildman–Crippen MR) is 112 cm³/mol. The van der Waals surface area contributed by atoms with E-state index in [2.05, 4.69) is 25.6 Å². The molecule has 3 rings (SSSR count). The van der Waals surface area contributed by atoms with Gasteiger partial charge in [0, 0.05) is 36.0 Å². The monoisotopic (exact) mass is 393 g/mol. The van der Waals surface area contributed by atoms with Crippen LogP contribution in [0.3, 0.4) is 0 Å². The van der Waals surface area contributed by atoms with Gasteiger partial charge in [-0.25, -0.2) is 15.0 Å². The molecule has 0 amide bonds. The lowest BCUT2D eigenvalue weighted by Crippen LogP contribution is -2.25. The van der Waals surface area contributed by atoms with Crippen LogP contribution in [-0.2, 0) is 11.2 Å². The van der Waals surface area contributed by atoms with Crippen LogP contribution in [0.25, 0.3) is 0 Å². The molecule has 1 saturated carbocycles. The van der Waals surface area contributed by atoms with Gasteiger partial charge in [0.2, 0.25) is 0 Å². The first-order valence-corrected chi connectivity index (χ1v) is 9.94. The molecular formula is C21H27N7O. The number of nitrogens with zero attached hydrogens (tertiary/aromatic N) is 5. The molecule has 0 atom stereocenters. The van der Waals surface area contributed by atoms with E-state index in [9.17, 15) is 4.79 Å². The molecule has 1 aliphatic rings. The Morgan fingerprint density at radius 2 is 1.90 bits per heavy atom. The Balaban J connectivity index is 1.79. The highest BCUT2D eigenvalue weighted by Crippen LogP contribution is 2.26. The van der Waals surface area contributed by atoms with Crippen molar-refractivity contribution in [3.63, 3.8) is 0 Å². The fourth-order valence-corrected chi connectivity index (χ4v) is 3.50. The third kappa shape index (κ3) is 6.22. The Bertz CT molecular complexity index is 868. The minimum atomic E-state index is 0.155. The van der Waals surface area contributed by atoms with Gasteiger partial charge in [-0.1, -0.05) is 19.3 Å². The molecule has 1 fully saturated rings. The van der Waals surface area contributed by atoms with Crippen molar-refractivity contribution in [2.75, 3.05) is 31.3 Å². The van der Waals surface area contributed by atoms with Crippen molar-refractivity contribution in [1.29, 1.82) is 5.26 Å². The molecule has 2 heterocycles. The summed E-state index contributed by atoms with van der Waals surface area (Å²) in [5, 5.41) is 15.6. The number of pyridine rings is 1. The summed E-state index contributed by atoms with van der Waals surface area (Å²) < 4.78 is 0. The summed E-state index contributed by atoms with van der Waals surface area (Å²) in [5.41, 5.74) is 2.10. The van der Waals surface area contributed by atoms with Crippen LogP contribution in [0, 0.1) is 11.3 Å². The summed E-state index contributed by atoms with van der Waals surface area (Å²) in [7, 11) is 3.78. The van der Waals surface area contributed by atoms with Gasteiger partial charge in [-0.2, -0.15) is 5.26 Å².